The maximum atomic E-state index is 14.4. The van der Waals surface area contributed by atoms with E-state index in [2.05, 4.69) is 18.7 Å². The third kappa shape index (κ3) is 4.32. The predicted octanol–water partition coefficient (Wildman–Crippen LogP) is 4.09. The van der Waals surface area contributed by atoms with E-state index in [0.29, 0.717) is 17.9 Å². The predicted molar refractivity (Wildman–Crippen MR) is 116 cm³/mol. The van der Waals surface area contributed by atoms with E-state index >= 15 is 0 Å². The number of hydrogen-bond donors (Lipinski definition) is 0. The van der Waals surface area contributed by atoms with Gasteiger partial charge >= 0.3 is 0 Å². The minimum absolute atomic E-state index is 0.200. The Bertz CT molecular complexity index is 919. The summed E-state index contributed by atoms with van der Waals surface area (Å²) in [5, 5.41) is 0. The van der Waals surface area contributed by atoms with Crippen LogP contribution in [0.2, 0.25) is 0 Å². The van der Waals surface area contributed by atoms with Crippen LogP contribution in [0, 0.1) is 18.7 Å². The second-order valence-electron chi connectivity index (χ2n) is 8.63. The molecule has 160 valence electrons. The molecule has 6 heteroatoms. The standard InChI is InChI=1S/C24H31FN4O/c1-4-16(2)22-26-17(3)20(15-19-7-5-6-8-21(19)25)23(27-22)28-11-13-29(14-12-28)24(30)18-9-10-18/h5-8,16,18H,4,9-15H2,1-3H3/t16-/m0/s1. The molecule has 2 aliphatic rings. The molecule has 0 radical (unpaired) electrons. The molecule has 1 amide bonds. The van der Waals surface area contributed by atoms with E-state index in [1.165, 1.54) is 6.07 Å². The zero-order valence-corrected chi connectivity index (χ0v) is 18.2. The minimum atomic E-state index is -0.200. The molecule has 1 atom stereocenters. The highest BCUT2D eigenvalue weighted by molar-refractivity contribution is 5.81. The van der Waals surface area contributed by atoms with Crippen molar-refractivity contribution in [3.63, 3.8) is 0 Å². The summed E-state index contributed by atoms with van der Waals surface area (Å²) in [5.74, 6) is 2.38. The van der Waals surface area contributed by atoms with Crippen LogP contribution in [0.3, 0.4) is 0 Å². The summed E-state index contributed by atoms with van der Waals surface area (Å²) in [6, 6.07) is 6.91. The number of amides is 1. The van der Waals surface area contributed by atoms with Crippen molar-refractivity contribution in [2.24, 2.45) is 5.92 Å². The van der Waals surface area contributed by atoms with Gasteiger partial charge in [-0.1, -0.05) is 32.0 Å². The SMILES string of the molecule is CC[C@H](C)c1nc(C)c(Cc2ccccc2F)c(N2CCN(C(=O)C3CC3)CC2)n1. The highest BCUT2D eigenvalue weighted by atomic mass is 19.1. The lowest BCUT2D eigenvalue weighted by Gasteiger charge is -2.37. The number of aromatic nitrogens is 2. The number of hydrogen-bond acceptors (Lipinski definition) is 4. The van der Waals surface area contributed by atoms with Gasteiger partial charge in [0.15, 0.2) is 0 Å². The van der Waals surface area contributed by atoms with Crippen molar-refractivity contribution in [2.45, 2.75) is 52.4 Å². The fraction of sp³-hybridized carbons (Fsp3) is 0.542. The number of aryl methyl sites for hydroxylation is 1. The van der Waals surface area contributed by atoms with Gasteiger partial charge in [0.1, 0.15) is 17.5 Å². The van der Waals surface area contributed by atoms with Crippen LogP contribution in [0.5, 0.6) is 0 Å². The number of piperazine rings is 1. The zero-order valence-electron chi connectivity index (χ0n) is 18.2. The van der Waals surface area contributed by atoms with Crippen LogP contribution < -0.4 is 4.90 Å². The molecule has 1 aromatic carbocycles. The Morgan fingerprint density at radius 2 is 1.87 bits per heavy atom. The van der Waals surface area contributed by atoms with Crippen molar-refractivity contribution in [1.29, 1.82) is 0 Å². The molecule has 1 saturated heterocycles. The van der Waals surface area contributed by atoms with Gasteiger partial charge in [0.05, 0.1) is 0 Å². The molecule has 2 fully saturated rings. The van der Waals surface area contributed by atoms with Gasteiger partial charge in [-0.2, -0.15) is 0 Å². The van der Waals surface area contributed by atoms with Crippen molar-refractivity contribution in [3.05, 3.63) is 52.7 Å². The number of nitrogens with zero attached hydrogens (tertiary/aromatic N) is 4. The molecule has 4 rings (SSSR count). The molecule has 1 aromatic heterocycles. The molecule has 1 saturated carbocycles. The van der Waals surface area contributed by atoms with Crippen molar-refractivity contribution < 1.29 is 9.18 Å². The van der Waals surface area contributed by atoms with Crippen molar-refractivity contribution in [3.8, 4) is 0 Å². The average Bonchev–Trinajstić information content (AvgIpc) is 3.61. The van der Waals surface area contributed by atoms with Gasteiger partial charge in [-0.15, -0.1) is 0 Å². The number of carbonyl (C=O) groups is 1. The first-order chi connectivity index (χ1) is 14.5. The monoisotopic (exact) mass is 410 g/mol. The van der Waals surface area contributed by atoms with Gasteiger partial charge < -0.3 is 9.80 Å². The van der Waals surface area contributed by atoms with E-state index in [1.54, 1.807) is 6.07 Å². The average molecular weight is 411 g/mol. The van der Waals surface area contributed by atoms with Gasteiger partial charge in [-0.05, 0) is 37.8 Å². The first-order valence-electron chi connectivity index (χ1n) is 11.1. The number of anilines is 1. The highest BCUT2D eigenvalue weighted by Crippen LogP contribution is 2.32. The Kier molecular flexibility index (Phi) is 6.02. The topological polar surface area (TPSA) is 49.3 Å². The first-order valence-corrected chi connectivity index (χ1v) is 11.1. The van der Waals surface area contributed by atoms with Crippen LogP contribution in [0.4, 0.5) is 10.2 Å². The van der Waals surface area contributed by atoms with Crippen LogP contribution in [0.1, 0.15) is 61.7 Å². The van der Waals surface area contributed by atoms with Gasteiger partial charge in [-0.25, -0.2) is 14.4 Å². The van der Waals surface area contributed by atoms with E-state index in [0.717, 1.165) is 68.3 Å². The molecule has 5 nitrogen and oxygen atoms in total. The van der Waals surface area contributed by atoms with E-state index in [4.69, 9.17) is 9.97 Å². The Morgan fingerprint density at radius 3 is 2.50 bits per heavy atom. The molecule has 1 aliphatic heterocycles. The van der Waals surface area contributed by atoms with Crippen molar-refractivity contribution in [1.82, 2.24) is 14.9 Å². The summed E-state index contributed by atoms with van der Waals surface area (Å²) in [5.41, 5.74) is 2.55. The van der Waals surface area contributed by atoms with E-state index < -0.39 is 0 Å². The molecule has 30 heavy (non-hydrogen) atoms. The summed E-state index contributed by atoms with van der Waals surface area (Å²) in [6.45, 7) is 9.21. The lowest BCUT2D eigenvalue weighted by atomic mass is 10.0. The lowest BCUT2D eigenvalue weighted by Crippen LogP contribution is -2.49. The number of rotatable bonds is 6. The molecule has 0 unspecified atom stereocenters. The fourth-order valence-electron chi connectivity index (χ4n) is 4.03. The summed E-state index contributed by atoms with van der Waals surface area (Å²) in [4.78, 5) is 26.4. The van der Waals surface area contributed by atoms with Crippen LogP contribution >= 0.6 is 0 Å². The second-order valence-corrected chi connectivity index (χ2v) is 8.63. The van der Waals surface area contributed by atoms with Crippen molar-refractivity contribution in [2.75, 3.05) is 31.1 Å². The summed E-state index contributed by atoms with van der Waals surface area (Å²) in [6.07, 6.45) is 3.51. The lowest BCUT2D eigenvalue weighted by molar-refractivity contribution is -0.132. The molecular weight excluding hydrogens is 379 g/mol. The molecule has 0 spiro atoms. The molecular formula is C24H31FN4O. The van der Waals surface area contributed by atoms with Gasteiger partial charge in [0, 0.05) is 55.7 Å². The highest BCUT2D eigenvalue weighted by Gasteiger charge is 2.35. The van der Waals surface area contributed by atoms with Gasteiger partial charge in [0.25, 0.3) is 0 Å². The molecule has 0 bridgehead atoms. The Labute approximate surface area is 178 Å². The zero-order chi connectivity index (χ0) is 21.3. The van der Waals surface area contributed by atoms with Crippen LogP contribution in [0.15, 0.2) is 24.3 Å². The van der Waals surface area contributed by atoms with Gasteiger partial charge in [-0.3, -0.25) is 4.79 Å². The maximum absolute atomic E-state index is 14.4. The molecule has 2 heterocycles. The van der Waals surface area contributed by atoms with E-state index in [9.17, 15) is 9.18 Å². The summed E-state index contributed by atoms with van der Waals surface area (Å²) in [7, 11) is 0. The largest absolute Gasteiger partial charge is 0.353 e. The summed E-state index contributed by atoms with van der Waals surface area (Å²) >= 11 is 0. The second kappa shape index (κ2) is 8.70. The molecule has 0 N–H and O–H groups in total. The first kappa shape index (κ1) is 20.8. The van der Waals surface area contributed by atoms with Crippen molar-refractivity contribution >= 4 is 11.7 Å². The van der Waals surface area contributed by atoms with E-state index in [1.807, 2.05) is 24.0 Å². The molecule has 2 aromatic rings. The third-order valence-corrected chi connectivity index (χ3v) is 6.41. The number of carbonyl (C=O) groups excluding carboxylic acids is 1. The van der Waals surface area contributed by atoms with Gasteiger partial charge in [0.2, 0.25) is 5.91 Å². The Balaban J connectivity index is 1.63. The Hall–Kier alpha value is -2.50. The van der Waals surface area contributed by atoms with Crippen LogP contribution in [0.25, 0.3) is 0 Å². The minimum Gasteiger partial charge on any atom is -0.353 e. The van der Waals surface area contributed by atoms with E-state index in [-0.39, 0.29) is 17.7 Å². The molecule has 1 aliphatic carbocycles. The normalized spacial score (nSPS) is 17.9. The number of halogens is 1. The van der Waals surface area contributed by atoms with Crippen LogP contribution in [-0.2, 0) is 11.2 Å². The van der Waals surface area contributed by atoms with Crippen LogP contribution in [-0.4, -0.2) is 47.0 Å². The fourth-order valence-corrected chi connectivity index (χ4v) is 4.03. The maximum Gasteiger partial charge on any atom is 0.225 e. The summed E-state index contributed by atoms with van der Waals surface area (Å²) < 4.78 is 14.4. The quantitative estimate of drug-likeness (QED) is 0.720. The third-order valence-electron chi connectivity index (χ3n) is 6.41. The number of benzene rings is 1. The smallest absolute Gasteiger partial charge is 0.225 e. The Morgan fingerprint density at radius 1 is 1.17 bits per heavy atom.